The second kappa shape index (κ2) is 7.60. The van der Waals surface area contributed by atoms with Crippen molar-refractivity contribution >= 4 is 33.4 Å². The van der Waals surface area contributed by atoms with Gasteiger partial charge in [-0.1, -0.05) is 13.0 Å². The van der Waals surface area contributed by atoms with Gasteiger partial charge in [0, 0.05) is 30.4 Å². The third-order valence-corrected chi connectivity index (χ3v) is 6.17. The Hall–Kier alpha value is -2.54. The highest BCUT2D eigenvalue weighted by atomic mass is 32.1. The molecule has 0 aromatic carbocycles. The molecule has 27 heavy (non-hydrogen) atoms. The summed E-state index contributed by atoms with van der Waals surface area (Å²) in [6, 6.07) is 5.99. The van der Waals surface area contributed by atoms with Crippen LogP contribution in [0.1, 0.15) is 53.7 Å². The summed E-state index contributed by atoms with van der Waals surface area (Å²) in [6.45, 7) is 5.78. The Balaban J connectivity index is 1.71. The number of carbonyl (C=O) groups excluding carboxylic acids is 1. The van der Waals surface area contributed by atoms with Crippen molar-refractivity contribution in [2.24, 2.45) is 0 Å². The molecule has 0 radical (unpaired) electrons. The average Bonchev–Trinajstić information content (AvgIpc) is 3.37. The van der Waals surface area contributed by atoms with Crippen molar-refractivity contribution in [2.45, 2.75) is 39.2 Å². The summed E-state index contributed by atoms with van der Waals surface area (Å²) in [6.07, 6.45) is 6.63. The molecule has 1 amide bonds. The van der Waals surface area contributed by atoms with E-state index in [1.165, 1.54) is 4.88 Å². The SMILES string of the molecule is CCc1cc2nc(NC(C)c3cccnc3)nc(C(=O)N3CCCC3)c2s1. The van der Waals surface area contributed by atoms with Gasteiger partial charge in [-0.2, -0.15) is 0 Å². The van der Waals surface area contributed by atoms with E-state index in [0.717, 1.165) is 48.1 Å². The monoisotopic (exact) mass is 381 g/mol. The summed E-state index contributed by atoms with van der Waals surface area (Å²) in [5.41, 5.74) is 2.41. The van der Waals surface area contributed by atoms with Gasteiger partial charge in [0.2, 0.25) is 5.95 Å². The van der Waals surface area contributed by atoms with E-state index in [-0.39, 0.29) is 11.9 Å². The largest absolute Gasteiger partial charge is 0.348 e. The van der Waals surface area contributed by atoms with E-state index in [0.29, 0.717) is 11.6 Å². The Morgan fingerprint density at radius 3 is 2.85 bits per heavy atom. The van der Waals surface area contributed by atoms with Crippen molar-refractivity contribution < 1.29 is 4.79 Å². The van der Waals surface area contributed by atoms with Crippen molar-refractivity contribution in [1.29, 1.82) is 0 Å². The van der Waals surface area contributed by atoms with Crippen molar-refractivity contribution in [3.8, 4) is 0 Å². The van der Waals surface area contributed by atoms with Crippen LogP contribution in [0, 0.1) is 0 Å². The Morgan fingerprint density at radius 2 is 2.15 bits per heavy atom. The van der Waals surface area contributed by atoms with Crippen molar-refractivity contribution in [3.63, 3.8) is 0 Å². The van der Waals surface area contributed by atoms with Crippen LogP contribution < -0.4 is 5.32 Å². The minimum atomic E-state index is -0.00447. The molecule has 0 bridgehead atoms. The number of anilines is 1. The molecule has 0 aliphatic carbocycles. The maximum absolute atomic E-state index is 13.1. The van der Waals surface area contributed by atoms with Crippen molar-refractivity contribution in [1.82, 2.24) is 19.9 Å². The Bertz CT molecular complexity index is 950. The van der Waals surface area contributed by atoms with Gasteiger partial charge in [-0.15, -0.1) is 11.3 Å². The summed E-state index contributed by atoms with van der Waals surface area (Å²) >= 11 is 1.62. The van der Waals surface area contributed by atoms with Crippen LogP contribution in [0.15, 0.2) is 30.6 Å². The molecule has 4 heterocycles. The zero-order valence-electron chi connectivity index (χ0n) is 15.6. The molecule has 1 atom stereocenters. The van der Waals surface area contributed by atoms with Gasteiger partial charge in [0.15, 0.2) is 5.69 Å². The summed E-state index contributed by atoms with van der Waals surface area (Å²) in [5, 5.41) is 3.34. The van der Waals surface area contributed by atoms with E-state index in [1.807, 2.05) is 30.2 Å². The van der Waals surface area contributed by atoms with Crippen LogP contribution in [0.2, 0.25) is 0 Å². The Labute approximate surface area is 162 Å². The maximum atomic E-state index is 13.1. The fraction of sp³-hybridized carbons (Fsp3) is 0.400. The molecule has 4 rings (SSSR count). The molecule has 6 nitrogen and oxygen atoms in total. The third kappa shape index (κ3) is 3.64. The first kappa shape index (κ1) is 17.9. The van der Waals surface area contributed by atoms with Crippen LogP contribution in [0.5, 0.6) is 0 Å². The minimum Gasteiger partial charge on any atom is -0.348 e. The van der Waals surface area contributed by atoms with Crippen LogP contribution in [-0.4, -0.2) is 38.8 Å². The molecule has 0 spiro atoms. The summed E-state index contributed by atoms with van der Waals surface area (Å²) in [7, 11) is 0. The highest BCUT2D eigenvalue weighted by Gasteiger charge is 2.25. The summed E-state index contributed by atoms with van der Waals surface area (Å²) < 4.78 is 0.892. The van der Waals surface area contributed by atoms with Gasteiger partial charge in [-0.05, 0) is 43.9 Å². The van der Waals surface area contributed by atoms with Gasteiger partial charge in [-0.3, -0.25) is 9.78 Å². The third-order valence-electron chi connectivity index (χ3n) is 4.90. The van der Waals surface area contributed by atoms with Gasteiger partial charge >= 0.3 is 0 Å². The molecule has 3 aromatic rings. The second-order valence-electron chi connectivity index (χ2n) is 6.83. The molecule has 1 saturated heterocycles. The lowest BCUT2D eigenvalue weighted by atomic mass is 10.1. The van der Waals surface area contributed by atoms with Crippen molar-refractivity contribution in [3.05, 3.63) is 46.7 Å². The number of hydrogen-bond acceptors (Lipinski definition) is 6. The molecule has 140 valence electrons. The lowest BCUT2D eigenvalue weighted by Crippen LogP contribution is -2.28. The zero-order chi connectivity index (χ0) is 18.8. The quantitative estimate of drug-likeness (QED) is 0.722. The van der Waals surface area contributed by atoms with Crippen molar-refractivity contribution in [2.75, 3.05) is 18.4 Å². The number of pyridine rings is 1. The van der Waals surface area contributed by atoms with E-state index >= 15 is 0 Å². The molecule has 1 aliphatic heterocycles. The molecule has 1 fully saturated rings. The smallest absolute Gasteiger partial charge is 0.274 e. The van der Waals surface area contributed by atoms with Gasteiger partial charge in [0.1, 0.15) is 0 Å². The lowest BCUT2D eigenvalue weighted by Gasteiger charge is -2.17. The molecule has 7 heteroatoms. The molecular formula is C20H23N5OS. The molecule has 1 unspecified atom stereocenters. The van der Waals surface area contributed by atoms with Gasteiger partial charge in [0.25, 0.3) is 5.91 Å². The number of nitrogens with one attached hydrogen (secondary N) is 1. The van der Waals surface area contributed by atoms with Gasteiger partial charge in [0.05, 0.1) is 16.3 Å². The first-order chi connectivity index (χ1) is 13.2. The van der Waals surface area contributed by atoms with Crippen LogP contribution in [0.25, 0.3) is 10.2 Å². The van der Waals surface area contributed by atoms with Crippen LogP contribution in [0.3, 0.4) is 0 Å². The van der Waals surface area contributed by atoms with Gasteiger partial charge < -0.3 is 10.2 Å². The Morgan fingerprint density at radius 1 is 1.33 bits per heavy atom. The molecule has 3 aromatic heterocycles. The van der Waals surface area contributed by atoms with E-state index in [1.54, 1.807) is 17.5 Å². The first-order valence-corrected chi connectivity index (χ1v) is 10.2. The predicted octanol–water partition coefficient (Wildman–Crippen LogP) is 4.06. The molecule has 1 N–H and O–H groups in total. The zero-order valence-corrected chi connectivity index (χ0v) is 16.4. The summed E-state index contributed by atoms with van der Waals surface area (Å²) in [4.78, 5) is 29.7. The van der Waals surface area contributed by atoms with Crippen LogP contribution in [-0.2, 0) is 6.42 Å². The number of rotatable bonds is 5. The highest BCUT2D eigenvalue weighted by molar-refractivity contribution is 7.19. The number of fused-ring (bicyclic) bond motifs is 1. The maximum Gasteiger partial charge on any atom is 0.274 e. The fourth-order valence-corrected chi connectivity index (χ4v) is 4.36. The second-order valence-corrected chi connectivity index (χ2v) is 7.96. The van der Waals surface area contributed by atoms with Gasteiger partial charge in [-0.25, -0.2) is 9.97 Å². The molecule has 0 saturated carbocycles. The number of amides is 1. The highest BCUT2D eigenvalue weighted by Crippen LogP contribution is 2.30. The van der Waals surface area contributed by atoms with E-state index in [2.05, 4.69) is 33.3 Å². The fourth-order valence-electron chi connectivity index (χ4n) is 3.34. The first-order valence-electron chi connectivity index (χ1n) is 9.42. The number of aromatic nitrogens is 3. The topological polar surface area (TPSA) is 71.0 Å². The number of carbonyl (C=O) groups is 1. The van der Waals surface area contributed by atoms with Crippen LogP contribution >= 0.6 is 11.3 Å². The standard InChI is InChI=1S/C20H23N5OS/c1-3-15-11-16-18(27-15)17(19(26)25-9-4-5-10-25)24-20(23-16)22-13(2)14-7-6-8-21-12-14/h6-8,11-13H,3-5,9-10H2,1-2H3,(H,22,23,24). The Kier molecular flexibility index (Phi) is 5.03. The predicted molar refractivity (Wildman–Crippen MR) is 108 cm³/mol. The molecular weight excluding hydrogens is 358 g/mol. The van der Waals surface area contributed by atoms with Crippen LogP contribution in [0.4, 0.5) is 5.95 Å². The number of hydrogen-bond donors (Lipinski definition) is 1. The van der Waals surface area contributed by atoms with E-state index in [9.17, 15) is 4.79 Å². The number of nitrogens with zero attached hydrogens (tertiary/aromatic N) is 4. The van der Waals surface area contributed by atoms with E-state index < -0.39 is 0 Å². The molecule has 1 aliphatic rings. The normalized spacial score (nSPS) is 15.3. The number of likely N-dealkylation sites (tertiary alicyclic amines) is 1. The van der Waals surface area contributed by atoms with E-state index in [4.69, 9.17) is 0 Å². The minimum absolute atomic E-state index is 0.00447. The summed E-state index contributed by atoms with van der Waals surface area (Å²) in [5.74, 6) is 0.503. The number of aryl methyl sites for hydroxylation is 1. The number of thiophene rings is 1. The average molecular weight is 382 g/mol. The lowest BCUT2D eigenvalue weighted by molar-refractivity contribution is 0.0789.